The molecule has 2 saturated heterocycles. The van der Waals surface area contributed by atoms with E-state index in [1.54, 1.807) is 4.90 Å². The lowest BCUT2D eigenvalue weighted by molar-refractivity contribution is -0.0796. The molecule has 2 fully saturated rings. The number of alkyl halides is 1. The number of ether oxygens (including phenoxy) is 3. The number of hydrogen-bond acceptors (Lipinski definition) is 4. The Labute approximate surface area is 134 Å². The van der Waals surface area contributed by atoms with Gasteiger partial charge in [0.1, 0.15) is 11.2 Å². The molecular formula is C14H24INO4. The third-order valence-electron chi connectivity index (χ3n) is 3.51. The van der Waals surface area contributed by atoms with Crippen LogP contribution < -0.4 is 0 Å². The van der Waals surface area contributed by atoms with Crippen LogP contribution in [-0.2, 0) is 14.2 Å². The van der Waals surface area contributed by atoms with Crippen LogP contribution in [-0.4, -0.2) is 59.0 Å². The Morgan fingerprint density at radius 2 is 2.25 bits per heavy atom. The summed E-state index contributed by atoms with van der Waals surface area (Å²) in [7, 11) is 0. The largest absolute Gasteiger partial charge is 0.444 e. The molecule has 0 radical (unpaired) electrons. The van der Waals surface area contributed by atoms with Gasteiger partial charge in [0.25, 0.3) is 0 Å². The fourth-order valence-corrected chi connectivity index (χ4v) is 3.23. The lowest BCUT2D eigenvalue weighted by Gasteiger charge is -2.32. The van der Waals surface area contributed by atoms with E-state index in [1.165, 1.54) is 0 Å². The highest BCUT2D eigenvalue weighted by Crippen LogP contribution is 2.34. The van der Waals surface area contributed by atoms with Crippen LogP contribution in [0.15, 0.2) is 0 Å². The average Bonchev–Trinajstić information content (AvgIpc) is 2.61. The molecule has 116 valence electrons. The SMILES string of the molecule is CC(C)(C)OC(=O)N1CCOC[C@@]2(CC[C@@H](CI)O2)C1. The maximum atomic E-state index is 12.2. The highest BCUT2D eigenvalue weighted by Gasteiger charge is 2.44. The van der Waals surface area contributed by atoms with Gasteiger partial charge in [0.05, 0.1) is 25.9 Å². The van der Waals surface area contributed by atoms with Crippen molar-refractivity contribution in [3.63, 3.8) is 0 Å². The third kappa shape index (κ3) is 4.21. The first-order valence-electron chi connectivity index (χ1n) is 7.13. The normalized spacial score (nSPS) is 31.4. The van der Waals surface area contributed by atoms with Gasteiger partial charge in [-0.1, -0.05) is 22.6 Å². The van der Waals surface area contributed by atoms with Gasteiger partial charge in [-0.3, -0.25) is 0 Å². The van der Waals surface area contributed by atoms with Gasteiger partial charge >= 0.3 is 6.09 Å². The first kappa shape index (κ1) is 16.3. The number of halogens is 1. The summed E-state index contributed by atoms with van der Waals surface area (Å²) < 4.78 is 18.2. The van der Waals surface area contributed by atoms with Crippen molar-refractivity contribution in [2.24, 2.45) is 0 Å². The molecule has 6 heteroatoms. The Hall–Kier alpha value is -0.0800. The van der Waals surface area contributed by atoms with Crippen LogP contribution in [0.2, 0.25) is 0 Å². The van der Waals surface area contributed by atoms with Gasteiger partial charge in [0.15, 0.2) is 0 Å². The van der Waals surface area contributed by atoms with Crippen LogP contribution >= 0.6 is 22.6 Å². The fraction of sp³-hybridized carbons (Fsp3) is 0.929. The predicted octanol–water partition coefficient (Wildman–Crippen LogP) is 2.61. The zero-order chi connectivity index (χ0) is 14.8. The Balaban J connectivity index is 2.02. The lowest BCUT2D eigenvalue weighted by Crippen LogP contribution is -2.48. The zero-order valence-corrected chi connectivity index (χ0v) is 14.6. The molecule has 0 aliphatic carbocycles. The first-order valence-corrected chi connectivity index (χ1v) is 8.66. The summed E-state index contributed by atoms with van der Waals surface area (Å²) in [5.74, 6) is 0. The summed E-state index contributed by atoms with van der Waals surface area (Å²) >= 11 is 2.34. The van der Waals surface area contributed by atoms with Crippen molar-refractivity contribution in [2.45, 2.75) is 50.9 Å². The molecule has 2 aliphatic rings. The van der Waals surface area contributed by atoms with Gasteiger partial charge in [-0.15, -0.1) is 0 Å². The summed E-state index contributed by atoms with van der Waals surface area (Å²) in [6.07, 6.45) is 1.98. The number of nitrogens with zero attached hydrogens (tertiary/aromatic N) is 1. The number of carbonyl (C=O) groups excluding carboxylic acids is 1. The van der Waals surface area contributed by atoms with Crippen molar-refractivity contribution in [3.05, 3.63) is 0 Å². The third-order valence-corrected chi connectivity index (χ3v) is 4.49. The van der Waals surface area contributed by atoms with Gasteiger partial charge < -0.3 is 19.1 Å². The smallest absolute Gasteiger partial charge is 0.410 e. The molecule has 0 N–H and O–H groups in total. The van der Waals surface area contributed by atoms with E-state index in [2.05, 4.69) is 22.6 Å². The topological polar surface area (TPSA) is 48.0 Å². The van der Waals surface area contributed by atoms with Gasteiger partial charge in [0, 0.05) is 11.0 Å². The molecular weight excluding hydrogens is 373 g/mol. The molecule has 20 heavy (non-hydrogen) atoms. The van der Waals surface area contributed by atoms with Gasteiger partial charge in [0.2, 0.25) is 0 Å². The monoisotopic (exact) mass is 397 g/mol. The summed E-state index contributed by atoms with van der Waals surface area (Å²) in [4.78, 5) is 14.0. The molecule has 2 rings (SSSR count). The van der Waals surface area contributed by atoms with E-state index in [0.717, 1.165) is 17.3 Å². The molecule has 0 aromatic heterocycles. The van der Waals surface area contributed by atoms with Crippen molar-refractivity contribution in [1.82, 2.24) is 4.90 Å². The number of amides is 1. The highest BCUT2D eigenvalue weighted by atomic mass is 127. The Bertz CT molecular complexity index is 358. The van der Waals surface area contributed by atoms with Crippen molar-refractivity contribution in [3.8, 4) is 0 Å². The molecule has 1 amide bonds. The molecule has 2 aliphatic heterocycles. The Morgan fingerprint density at radius 3 is 2.85 bits per heavy atom. The average molecular weight is 397 g/mol. The highest BCUT2D eigenvalue weighted by molar-refractivity contribution is 14.1. The molecule has 5 nitrogen and oxygen atoms in total. The summed E-state index contributed by atoms with van der Waals surface area (Å²) in [5, 5.41) is 0. The zero-order valence-electron chi connectivity index (χ0n) is 12.5. The first-order chi connectivity index (χ1) is 9.34. The number of hydrogen-bond donors (Lipinski definition) is 0. The van der Waals surface area contributed by atoms with E-state index in [4.69, 9.17) is 14.2 Å². The second-order valence-electron chi connectivity index (χ2n) is 6.57. The number of carbonyl (C=O) groups is 1. The lowest BCUT2D eigenvalue weighted by atomic mass is 10.0. The van der Waals surface area contributed by atoms with Gasteiger partial charge in [-0.25, -0.2) is 4.79 Å². The van der Waals surface area contributed by atoms with Crippen molar-refractivity contribution in [2.75, 3.05) is 30.7 Å². The predicted molar refractivity (Wildman–Crippen MR) is 84.4 cm³/mol. The van der Waals surface area contributed by atoms with E-state index < -0.39 is 5.60 Å². The van der Waals surface area contributed by atoms with E-state index in [-0.39, 0.29) is 17.8 Å². The van der Waals surface area contributed by atoms with E-state index >= 15 is 0 Å². The Morgan fingerprint density at radius 1 is 1.50 bits per heavy atom. The summed E-state index contributed by atoms with van der Waals surface area (Å²) in [6, 6.07) is 0. The molecule has 1 spiro atoms. The van der Waals surface area contributed by atoms with E-state index in [1.807, 2.05) is 20.8 Å². The molecule has 0 aromatic carbocycles. The fourth-order valence-electron chi connectivity index (χ4n) is 2.61. The summed E-state index contributed by atoms with van der Waals surface area (Å²) in [6.45, 7) is 7.89. The van der Waals surface area contributed by atoms with Crippen molar-refractivity contribution < 1.29 is 19.0 Å². The maximum Gasteiger partial charge on any atom is 0.410 e. The quantitative estimate of drug-likeness (QED) is 0.504. The van der Waals surface area contributed by atoms with Crippen LogP contribution in [0, 0.1) is 0 Å². The van der Waals surface area contributed by atoms with Crippen LogP contribution in [0.5, 0.6) is 0 Å². The molecule has 0 bridgehead atoms. The molecule has 2 atom stereocenters. The second kappa shape index (κ2) is 6.36. The van der Waals surface area contributed by atoms with Crippen LogP contribution in [0.3, 0.4) is 0 Å². The molecule has 2 heterocycles. The number of rotatable bonds is 1. The van der Waals surface area contributed by atoms with Crippen molar-refractivity contribution >= 4 is 28.7 Å². The van der Waals surface area contributed by atoms with E-state index in [9.17, 15) is 4.79 Å². The van der Waals surface area contributed by atoms with Crippen LogP contribution in [0.25, 0.3) is 0 Å². The Kier molecular flexibility index (Phi) is 5.18. The second-order valence-corrected chi connectivity index (χ2v) is 7.45. The van der Waals surface area contributed by atoms with Gasteiger partial charge in [-0.05, 0) is 33.6 Å². The molecule has 0 unspecified atom stereocenters. The minimum atomic E-state index is -0.474. The van der Waals surface area contributed by atoms with E-state index in [0.29, 0.717) is 26.3 Å². The molecule has 0 aromatic rings. The minimum absolute atomic E-state index is 0.274. The summed E-state index contributed by atoms with van der Waals surface area (Å²) in [5.41, 5.74) is -0.818. The standard InChI is InChI=1S/C14H24INO4/c1-13(2,3)20-12(17)16-6-7-18-10-14(9-16)5-4-11(8-15)19-14/h11H,4-10H2,1-3H3/t11-,14+/m0/s1. The minimum Gasteiger partial charge on any atom is -0.444 e. The maximum absolute atomic E-state index is 12.2. The van der Waals surface area contributed by atoms with Gasteiger partial charge in [-0.2, -0.15) is 0 Å². The van der Waals surface area contributed by atoms with Crippen LogP contribution in [0.1, 0.15) is 33.6 Å². The van der Waals surface area contributed by atoms with Crippen molar-refractivity contribution in [1.29, 1.82) is 0 Å². The molecule has 0 saturated carbocycles. The van der Waals surface area contributed by atoms with Crippen LogP contribution in [0.4, 0.5) is 4.79 Å².